The number of rotatable bonds is 4. The fraction of sp³-hybridized carbons (Fsp3) is 0.304. The number of amides is 1. The molecule has 0 atom stereocenters. The minimum absolute atomic E-state index is 0.107. The molecular weight excluding hydrogens is 336 g/mol. The summed E-state index contributed by atoms with van der Waals surface area (Å²) in [6, 6.07) is 17.6. The Kier molecular flexibility index (Phi) is 5.05. The van der Waals surface area contributed by atoms with Crippen molar-refractivity contribution in [3.05, 3.63) is 66.5 Å². The van der Waals surface area contributed by atoms with E-state index in [9.17, 15) is 9.59 Å². The molecule has 0 radical (unpaired) electrons. The highest BCUT2D eigenvalue weighted by Gasteiger charge is 2.26. The molecule has 4 rings (SSSR count). The first-order valence-electron chi connectivity index (χ1n) is 9.75. The molecule has 1 aliphatic carbocycles. The molecular formula is C23H24N2O2. The molecule has 1 amide bonds. The standard InChI is InChI=1S/C23H24N2O2/c26-22(23(27)24-18-12-6-1-2-7-13-18)21-20(17-10-4-3-5-11-17)16-19-14-8-9-15-25(19)21/h3-5,8-11,14-16,18H,1-2,6-7,12-13H2,(H,24,27). The van der Waals surface area contributed by atoms with Gasteiger partial charge in [-0.1, -0.05) is 62.1 Å². The van der Waals surface area contributed by atoms with Crippen LogP contribution in [0.5, 0.6) is 0 Å². The topological polar surface area (TPSA) is 50.6 Å². The van der Waals surface area contributed by atoms with Gasteiger partial charge >= 0.3 is 0 Å². The maximum Gasteiger partial charge on any atom is 0.294 e. The van der Waals surface area contributed by atoms with Gasteiger partial charge in [-0.3, -0.25) is 9.59 Å². The van der Waals surface area contributed by atoms with Crippen molar-refractivity contribution in [2.24, 2.45) is 0 Å². The van der Waals surface area contributed by atoms with Crippen LogP contribution in [0.15, 0.2) is 60.8 Å². The Morgan fingerprint density at radius 1 is 0.889 bits per heavy atom. The summed E-state index contributed by atoms with van der Waals surface area (Å²) in [7, 11) is 0. The average molecular weight is 360 g/mol. The number of aromatic nitrogens is 1. The lowest BCUT2D eigenvalue weighted by molar-refractivity contribution is -0.117. The van der Waals surface area contributed by atoms with Crippen LogP contribution in [0, 0.1) is 0 Å². The SMILES string of the molecule is O=C(NC1CCCCCC1)C(=O)c1c(-c2ccccc2)cc2ccccn12. The van der Waals surface area contributed by atoms with Gasteiger partial charge in [-0.2, -0.15) is 0 Å². The van der Waals surface area contributed by atoms with Crippen LogP contribution in [-0.2, 0) is 4.79 Å². The highest BCUT2D eigenvalue weighted by Crippen LogP contribution is 2.28. The monoisotopic (exact) mass is 360 g/mol. The van der Waals surface area contributed by atoms with E-state index >= 15 is 0 Å². The molecule has 27 heavy (non-hydrogen) atoms. The fourth-order valence-corrected chi connectivity index (χ4v) is 3.98. The van der Waals surface area contributed by atoms with Crippen LogP contribution in [-0.4, -0.2) is 22.1 Å². The molecule has 3 aromatic rings. The highest BCUT2D eigenvalue weighted by atomic mass is 16.2. The molecule has 2 heterocycles. The predicted molar refractivity (Wildman–Crippen MR) is 107 cm³/mol. The Morgan fingerprint density at radius 2 is 1.59 bits per heavy atom. The summed E-state index contributed by atoms with van der Waals surface area (Å²) in [5, 5.41) is 2.99. The number of pyridine rings is 1. The van der Waals surface area contributed by atoms with Gasteiger partial charge in [-0.05, 0) is 36.6 Å². The van der Waals surface area contributed by atoms with E-state index in [4.69, 9.17) is 0 Å². The van der Waals surface area contributed by atoms with Gasteiger partial charge in [0.15, 0.2) is 0 Å². The minimum atomic E-state index is -0.497. The number of carbonyl (C=O) groups excluding carboxylic acids is 2. The molecule has 1 fully saturated rings. The highest BCUT2D eigenvalue weighted by molar-refractivity contribution is 6.43. The number of Topliss-reactive ketones (excluding diaryl/α,β-unsaturated/α-hetero) is 1. The number of fused-ring (bicyclic) bond motifs is 1. The third kappa shape index (κ3) is 3.65. The number of hydrogen-bond donors (Lipinski definition) is 1. The Bertz CT molecular complexity index is 951. The van der Waals surface area contributed by atoms with E-state index < -0.39 is 11.7 Å². The summed E-state index contributed by atoms with van der Waals surface area (Å²) >= 11 is 0. The smallest absolute Gasteiger partial charge is 0.294 e. The zero-order chi connectivity index (χ0) is 18.6. The summed E-state index contributed by atoms with van der Waals surface area (Å²) < 4.78 is 1.82. The summed E-state index contributed by atoms with van der Waals surface area (Å²) in [4.78, 5) is 25.9. The predicted octanol–water partition coefficient (Wildman–Crippen LogP) is 4.63. The van der Waals surface area contributed by atoms with Crippen molar-refractivity contribution >= 4 is 17.2 Å². The van der Waals surface area contributed by atoms with Gasteiger partial charge in [0.2, 0.25) is 0 Å². The summed E-state index contributed by atoms with van der Waals surface area (Å²) in [5.74, 6) is -0.966. The second-order valence-electron chi connectivity index (χ2n) is 7.26. The molecule has 1 N–H and O–H groups in total. The summed E-state index contributed by atoms with van der Waals surface area (Å²) in [6.45, 7) is 0. The van der Waals surface area contributed by atoms with E-state index in [1.165, 1.54) is 12.8 Å². The second-order valence-corrected chi connectivity index (χ2v) is 7.26. The van der Waals surface area contributed by atoms with Crippen LogP contribution >= 0.6 is 0 Å². The molecule has 4 nitrogen and oxygen atoms in total. The first-order valence-corrected chi connectivity index (χ1v) is 9.75. The van der Waals surface area contributed by atoms with E-state index in [-0.39, 0.29) is 6.04 Å². The van der Waals surface area contributed by atoms with Gasteiger partial charge in [0, 0.05) is 23.3 Å². The van der Waals surface area contributed by atoms with Gasteiger partial charge in [0.1, 0.15) is 5.69 Å². The number of hydrogen-bond acceptors (Lipinski definition) is 2. The van der Waals surface area contributed by atoms with E-state index in [2.05, 4.69) is 5.32 Å². The van der Waals surface area contributed by atoms with Gasteiger partial charge < -0.3 is 9.72 Å². The van der Waals surface area contributed by atoms with Crippen molar-refractivity contribution in [2.45, 2.75) is 44.6 Å². The normalized spacial score (nSPS) is 15.4. The van der Waals surface area contributed by atoms with Crippen molar-refractivity contribution in [3.63, 3.8) is 0 Å². The molecule has 1 aromatic carbocycles. The molecule has 0 unspecified atom stereocenters. The Labute approximate surface area is 159 Å². The molecule has 0 aliphatic heterocycles. The Hall–Kier alpha value is -2.88. The summed E-state index contributed by atoms with van der Waals surface area (Å²) in [5.41, 5.74) is 3.07. The molecule has 2 aromatic heterocycles. The maximum atomic E-state index is 13.1. The molecule has 4 heteroatoms. The lowest BCUT2D eigenvalue weighted by Gasteiger charge is -2.16. The van der Waals surface area contributed by atoms with Crippen molar-refractivity contribution < 1.29 is 9.59 Å². The Morgan fingerprint density at radius 3 is 2.33 bits per heavy atom. The number of nitrogens with zero attached hydrogens (tertiary/aromatic N) is 1. The van der Waals surface area contributed by atoms with E-state index in [0.717, 1.165) is 42.3 Å². The Balaban J connectivity index is 1.69. The van der Waals surface area contributed by atoms with Crippen molar-refractivity contribution in [3.8, 4) is 11.1 Å². The first kappa shape index (κ1) is 17.5. The molecule has 0 spiro atoms. The molecule has 0 bridgehead atoms. The molecule has 1 saturated carbocycles. The van der Waals surface area contributed by atoms with E-state index in [1.807, 2.05) is 65.2 Å². The van der Waals surface area contributed by atoms with Gasteiger partial charge in [-0.15, -0.1) is 0 Å². The van der Waals surface area contributed by atoms with Crippen molar-refractivity contribution in [1.29, 1.82) is 0 Å². The molecule has 1 aliphatic rings. The van der Waals surface area contributed by atoms with Crippen molar-refractivity contribution in [1.82, 2.24) is 9.72 Å². The maximum absolute atomic E-state index is 13.1. The molecule has 0 saturated heterocycles. The number of ketones is 1. The quantitative estimate of drug-likeness (QED) is 0.419. The van der Waals surface area contributed by atoms with Gasteiger partial charge in [-0.25, -0.2) is 0 Å². The van der Waals surface area contributed by atoms with Crippen LogP contribution in [0.3, 0.4) is 0 Å². The zero-order valence-electron chi connectivity index (χ0n) is 15.4. The van der Waals surface area contributed by atoms with Crippen LogP contribution in [0.25, 0.3) is 16.6 Å². The largest absolute Gasteiger partial charge is 0.346 e. The molecule has 138 valence electrons. The van der Waals surface area contributed by atoms with Gasteiger partial charge in [0.25, 0.3) is 11.7 Å². The fourth-order valence-electron chi connectivity index (χ4n) is 3.98. The number of benzene rings is 1. The lowest BCUT2D eigenvalue weighted by Crippen LogP contribution is -2.39. The van der Waals surface area contributed by atoms with Crippen molar-refractivity contribution in [2.75, 3.05) is 0 Å². The summed E-state index contributed by atoms with van der Waals surface area (Å²) in [6.07, 6.45) is 8.40. The lowest BCUT2D eigenvalue weighted by atomic mass is 10.0. The number of carbonyl (C=O) groups is 2. The minimum Gasteiger partial charge on any atom is -0.346 e. The first-order chi connectivity index (χ1) is 13.2. The van der Waals surface area contributed by atoms with Crippen LogP contribution in [0.2, 0.25) is 0 Å². The second kappa shape index (κ2) is 7.78. The van der Waals surface area contributed by atoms with Crippen LogP contribution in [0.1, 0.15) is 49.0 Å². The van der Waals surface area contributed by atoms with E-state index in [0.29, 0.717) is 5.69 Å². The number of nitrogens with one attached hydrogen (secondary N) is 1. The third-order valence-corrected chi connectivity index (χ3v) is 5.38. The van der Waals surface area contributed by atoms with E-state index in [1.54, 1.807) is 0 Å². The average Bonchev–Trinajstić information content (AvgIpc) is 2.90. The third-order valence-electron chi connectivity index (χ3n) is 5.38. The van der Waals surface area contributed by atoms with Crippen LogP contribution < -0.4 is 5.32 Å². The zero-order valence-corrected chi connectivity index (χ0v) is 15.4. The van der Waals surface area contributed by atoms with Gasteiger partial charge in [0.05, 0.1) is 0 Å². The van der Waals surface area contributed by atoms with Crippen LogP contribution in [0.4, 0.5) is 0 Å².